The Morgan fingerprint density at radius 3 is 2.44 bits per heavy atom. The molecule has 1 saturated carbocycles. The number of amides is 1. The van der Waals surface area contributed by atoms with Crippen LogP contribution < -0.4 is 0 Å². The molecule has 0 bridgehead atoms. The molecule has 1 atom stereocenters. The molecule has 1 fully saturated rings. The molecule has 0 N–H and O–H groups in total. The SMILES string of the molecule is O=C(C1CC1)N1Cc2ccccc2-n2cccc2[C@@H]1c1cc(F)cc(F)c1. The van der Waals surface area contributed by atoms with E-state index in [0.29, 0.717) is 12.1 Å². The van der Waals surface area contributed by atoms with Gasteiger partial charge in [0, 0.05) is 30.4 Å². The number of benzene rings is 2. The largest absolute Gasteiger partial charge is 0.325 e. The van der Waals surface area contributed by atoms with Crippen molar-refractivity contribution in [3.8, 4) is 5.69 Å². The second-order valence-corrected chi connectivity index (χ2v) is 7.28. The molecule has 0 unspecified atom stereocenters. The summed E-state index contributed by atoms with van der Waals surface area (Å²) in [6, 6.07) is 14.7. The molecule has 1 aromatic heterocycles. The summed E-state index contributed by atoms with van der Waals surface area (Å²) in [7, 11) is 0. The van der Waals surface area contributed by atoms with E-state index in [1.54, 1.807) is 4.90 Å². The highest BCUT2D eigenvalue weighted by Crippen LogP contribution is 2.41. The maximum absolute atomic E-state index is 14.0. The van der Waals surface area contributed by atoms with Gasteiger partial charge in [-0.15, -0.1) is 0 Å². The molecule has 3 aromatic rings. The summed E-state index contributed by atoms with van der Waals surface area (Å²) < 4.78 is 30.0. The Labute approximate surface area is 155 Å². The third kappa shape index (κ3) is 2.74. The Hall–Kier alpha value is -2.95. The number of rotatable bonds is 2. The predicted molar refractivity (Wildman–Crippen MR) is 97.2 cm³/mol. The fourth-order valence-corrected chi connectivity index (χ4v) is 4.00. The Balaban J connectivity index is 1.74. The van der Waals surface area contributed by atoms with Gasteiger partial charge in [0.2, 0.25) is 5.91 Å². The first-order chi connectivity index (χ1) is 13.1. The van der Waals surface area contributed by atoms with Crippen molar-refractivity contribution in [1.29, 1.82) is 0 Å². The zero-order chi connectivity index (χ0) is 18.5. The van der Waals surface area contributed by atoms with Gasteiger partial charge in [0.05, 0.1) is 11.7 Å². The third-order valence-corrected chi connectivity index (χ3v) is 5.37. The second-order valence-electron chi connectivity index (χ2n) is 7.28. The van der Waals surface area contributed by atoms with Crippen LogP contribution in [0.3, 0.4) is 0 Å². The van der Waals surface area contributed by atoms with Crippen LogP contribution in [0, 0.1) is 17.6 Å². The van der Waals surface area contributed by atoms with Gasteiger partial charge in [-0.2, -0.15) is 0 Å². The molecule has 0 spiro atoms. The summed E-state index contributed by atoms with van der Waals surface area (Å²) in [4.78, 5) is 14.9. The lowest BCUT2D eigenvalue weighted by molar-refractivity contribution is -0.135. The molecule has 2 aromatic carbocycles. The molecule has 136 valence electrons. The van der Waals surface area contributed by atoms with Crippen LogP contribution in [-0.4, -0.2) is 15.4 Å². The van der Waals surface area contributed by atoms with Crippen LogP contribution >= 0.6 is 0 Å². The minimum absolute atomic E-state index is 0.0135. The van der Waals surface area contributed by atoms with E-state index in [4.69, 9.17) is 0 Å². The molecule has 1 aliphatic carbocycles. The van der Waals surface area contributed by atoms with E-state index in [0.717, 1.165) is 35.9 Å². The van der Waals surface area contributed by atoms with Gasteiger partial charge in [-0.25, -0.2) is 8.78 Å². The number of carbonyl (C=O) groups excluding carboxylic acids is 1. The van der Waals surface area contributed by atoms with Crippen LogP contribution in [0.1, 0.15) is 35.7 Å². The predicted octanol–water partition coefficient (Wildman–Crippen LogP) is 4.60. The molecule has 2 heterocycles. The number of carbonyl (C=O) groups is 1. The lowest BCUT2D eigenvalue weighted by Crippen LogP contribution is -2.35. The number of hydrogen-bond acceptors (Lipinski definition) is 1. The van der Waals surface area contributed by atoms with Gasteiger partial charge < -0.3 is 9.47 Å². The Morgan fingerprint density at radius 1 is 0.963 bits per heavy atom. The van der Waals surface area contributed by atoms with Crippen molar-refractivity contribution in [1.82, 2.24) is 9.47 Å². The van der Waals surface area contributed by atoms with Crippen molar-refractivity contribution in [2.24, 2.45) is 5.92 Å². The number of halogens is 2. The van der Waals surface area contributed by atoms with Crippen molar-refractivity contribution in [3.63, 3.8) is 0 Å². The van der Waals surface area contributed by atoms with Gasteiger partial charge in [-0.05, 0) is 54.3 Å². The van der Waals surface area contributed by atoms with Crippen LogP contribution in [0.4, 0.5) is 8.78 Å². The zero-order valence-electron chi connectivity index (χ0n) is 14.6. The van der Waals surface area contributed by atoms with Gasteiger partial charge in [0.25, 0.3) is 0 Å². The maximum Gasteiger partial charge on any atom is 0.226 e. The quantitative estimate of drug-likeness (QED) is 0.653. The highest BCUT2D eigenvalue weighted by atomic mass is 19.1. The first-order valence-electron chi connectivity index (χ1n) is 9.14. The molecule has 5 rings (SSSR count). The smallest absolute Gasteiger partial charge is 0.226 e. The molecule has 1 aliphatic heterocycles. The van der Waals surface area contributed by atoms with Gasteiger partial charge in [-0.1, -0.05) is 18.2 Å². The lowest BCUT2D eigenvalue weighted by Gasteiger charge is -2.31. The Kier molecular flexibility index (Phi) is 3.64. The molecule has 1 amide bonds. The average molecular weight is 364 g/mol. The van der Waals surface area contributed by atoms with Crippen LogP contribution in [-0.2, 0) is 11.3 Å². The van der Waals surface area contributed by atoms with Gasteiger partial charge in [0.1, 0.15) is 11.6 Å². The van der Waals surface area contributed by atoms with Crippen molar-refractivity contribution in [2.45, 2.75) is 25.4 Å². The molecular formula is C22H18F2N2O. The number of fused-ring (bicyclic) bond motifs is 3. The topological polar surface area (TPSA) is 25.2 Å². The molecular weight excluding hydrogens is 346 g/mol. The highest BCUT2D eigenvalue weighted by molar-refractivity contribution is 5.82. The van der Waals surface area contributed by atoms with Crippen molar-refractivity contribution >= 4 is 5.91 Å². The number of nitrogens with zero attached hydrogens (tertiary/aromatic N) is 2. The van der Waals surface area contributed by atoms with E-state index in [-0.39, 0.29) is 11.8 Å². The minimum Gasteiger partial charge on any atom is -0.325 e. The normalized spacial score (nSPS) is 18.6. The summed E-state index contributed by atoms with van der Waals surface area (Å²) in [5, 5.41) is 0. The highest BCUT2D eigenvalue weighted by Gasteiger charge is 2.40. The minimum atomic E-state index is -0.635. The van der Waals surface area contributed by atoms with Crippen molar-refractivity contribution in [3.05, 3.63) is 89.2 Å². The monoisotopic (exact) mass is 364 g/mol. The summed E-state index contributed by atoms with van der Waals surface area (Å²) >= 11 is 0. The lowest BCUT2D eigenvalue weighted by atomic mass is 10.0. The van der Waals surface area contributed by atoms with Crippen molar-refractivity contribution in [2.75, 3.05) is 0 Å². The van der Waals surface area contributed by atoms with Crippen LogP contribution in [0.5, 0.6) is 0 Å². The summed E-state index contributed by atoms with van der Waals surface area (Å²) in [6.45, 7) is 0.413. The summed E-state index contributed by atoms with van der Waals surface area (Å²) in [6.07, 6.45) is 3.69. The number of hydrogen-bond donors (Lipinski definition) is 0. The van der Waals surface area contributed by atoms with Gasteiger partial charge in [-0.3, -0.25) is 4.79 Å². The van der Waals surface area contributed by atoms with E-state index in [2.05, 4.69) is 0 Å². The standard InChI is InChI=1S/C22H18F2N2O/c23-17-10-16(11-18(24)12-17)21-20-6-3-9-25(20)19-5-2-1-4-15(19)13-26(21)22(27)14-7-8-14/h1-6,9-12,14,21H,7-8,13H2/t21-/m0/s1. The van der Waals surface area contributed by atoms with E-state index in [1.165, 1.54) is 12.1 Å². The number of para-hydroxylation sites is 1. The molecule has 0 radical (unpaired) electrons. The number of aromatic nitrogens is 1. The van der Waals surface area contributed by atoms with Gasteiger partial charge in [0.15, 0.2) is 0 Å². The Bertz CT molecular complexity index is 1020. The van der Waals surface area contributed by atoms with Crippen LogP contribution in [0.15, 0.2) is 60.8 Å². The van der Waals surface area contributed by atoms with Gasteiger partial charge >= 0.3 is 0 Å². The second kappa shape index (κ2) is 6.05. The molecule has 2 aliphatic rings. The van der Waals surface area contributed by atoms with E-state index in [1.807, 2.05) is 47.2 Å². The first-order valence-corrected chi connectivity index (χ1v) is 9.14. The molecule has 3 nitrogen and oxygen atoms in total. The fraction of sp³-hybridized carbons (Fsp3) is 0.227. The zero-order valence-corrected chi connectivity index (χ0v) is 14.6. The van der Waals surface area contributed by atoms with E-state index in [9.17, 15) is 13.6 Å². The van der Waals surface area contributed by atoms with Crippen LogP contribution in [0.2, 0.25) is 0 Å². The summed E-state index contributed by atoms with van der Waals surface area (Å²) in [5.41, 5.74) is 3.29. The van der Waals surface area contributed by atoms with E-state index >= 15 is 0 Å². The molecule has 5 heteroatoms. The molecule has 27 heavy (non-hydrogen) atoms. The van der Waals surface area contributed by atoms with E-state index < -0.39 is 17.7 Å². The Morgan fingerprint density at radius 2 is 1.70 bits per heavy atom. The third-order valence-electron chi connectivity index (χ3n) is 5.37. The molecule has 0 saturated heterocycles. The average Bonchev–Trinajstić information content (AvgIpc) is 3.41. The maximum atomic E-state index is 14.0. The van der Waals surface area contributed by atoms with Crippen LogP contribution in [0.25, 0.3) is 5.69 Å². The summed E-state index contributed by atoms with van der Waals surface area (Å²) in [5.74, 6) is -1.21. The van der Waals surface area contributed by atoms with Crippen molar-refractivity contribution < 1.29 is 13.6 Å². The fourth-order valence-electron chi connectivity index (χ4n) is 4.00. The first kappa shape index (κ1) is 16.2.